The predicted octanol–water partition coefficient (Wildman–Crippen LogP) is 0.138. The van der Waals surface area contributed by atoms with Crippen LogP contribution in [0.15, 0.2) is 0 Å². The molecule has 0 aromatic heterocycles. The molecule has 0 saturated heterocycles. The Bertz CT molecular complexity index is 153. The van der Waals surface area contributed by atoms with E-state index in [9.17, 15) is 4.79 Å². The van der Waals surface area contributed by atoms with Gasteiger partial charge in [0.2, 0.25) is 5.91 Å². The van der Waals surface area contributed by atoms with Crippen molar-refractivity contribution in [2.24, 2.45) is 5.92 Å². The smallest absolute Gasteiger partial charge is 0.233 e. The third-order valence-corrected chi connectivity index (χ3v) is 1.93. The zero-order chi connectivity index (χ0) is 6.85. The maximum Gasteiger partial charge on any atom is 0.233 e. The van der Waals surface area contributed by atoms with Gasteiger partial charge in [-0.05, 0) is 33.7 Å². The van der Waals surface area contributed by atoms with Gasteiger partial charge < -0.3 is 0 Å². The van der Waals surface area contributed by atoms with Crippen molar-refractivity contribution in [3.63, 3.8) is 0 Å². The van der Waals surface area contributed by atoms with Crippen molar-refractivity contribution in [2.45, 2.75) is 12.8 Å². The minimum atomic E-state index is -0.342. The van der Waals surface area contributed by atoms with Crippen LogP contribution in [0, 0.1) is 5.92 Å². The van der Waals surface area contributed by atoms with E-state index in [1.807, 2.05) is 6.26 Å². The Morgan fingerprint density at radius 3 is 2.67 bits per heavy atom. The molecule has 1 aliphatic carbocycles. The number of hydrogen-bond donors (Lipinski definition) is 1. The Hall–Kier alpha value is 0.0400. The summed E-state index contributed by atoms with van der Waals surface area (Å²) in [4.78, 5) is 10.8. The molecule has 1 rings (SSSR count). The summed E-state index contributed by atoms with van der Waals surface area (Å²) in [5.74, 6) is 0.443. The van der Waals surface area contributed by atoms with Crippen LogP contribution in [0.3, 0.4) is 0 Å². The summed E-state index contributed by atoms with van der Waals surface area (Å²) in [6.45, 7) is 0. The Balaban J connectivity index is 2.26. The molecule has 2 nitrogen and oxygen atoms in total. The van der Waals surface area contributed by atoms with Crippen LogP contribution in [0.2, 0.25) is 0 Å². The molecule has 52 valence electrons. The maximum absolute atomic E-state index is 10.8. The first-order valence-electron chi connectivity index (χ1n) is 2.84. The lowest BCUT2D eigenvalue weighted by Gasteiger charge is -1.98. The standard InChI is InChI=1S/C5H9NOS2/c1-9(8)6-5(7)4-2-3-4/h4H,2-3H2,1H3,(H,6,7). The average Bonchev–Trinajstić information content (AvgIpc) is 2.40. The number of carbonyl (C=O) groups is 1. The van der Waals surface area contributed by atoms with Gasteiger partial charge >= 0.3 is 0 Å². The van der Waals surface area contributed by atoms with Crippen molar-refractivity contribution >= 4 is 26.7 Å². The molecule has 1 fully saturated rings. The van der Waals surface area contributed by atoms with E-state index in [2.05, 4.69) is 4.72 Å². The van der Waals surface area contributed by atoms with Crippen molar-refractivity contribution in [2.75, 3.05) is 6.26 Å². The molecule has 9 heavy (non-hydrogen) atoms. The topological polar surface area (TPSA) is 29.1 Å². The SMILES string of the molecule is CS(=S)NC(=O)C1CC1. The number of rotatable bonds is 2. The van der Waals surface area contributed by atoms with Crippen molar-refractivity contribution < 1.29 is 4.79 Å². The summed E-state index contributed by atoms with van der Waals surface area (Å²) in [7, 11) is -0.342. The zero-order valence-corrected chi connectivity index (χ0v) is 6.85. The zero-order valence-electron chi connectivity index (χ0n) is 5.22. The molecule has 4 heteroatoms. The van der Waals surface area contributed by atoms with Gasteiger partial charge in [-0.1, -0.05) is 0 Å². The lowest BCUT2D eigenvalue weighted by Crippen LogP contribution is -2.25. The molecule has 1 amide bonds. The van der Waals surface area contributed by atoms with E-state index in [0.29, 0.717) is 5.92 Å². The molecule has 1 aliphatic rings. The number of amides is 1. The molecule has 0 aromatic carbocycles. The van der Waals surface area contributed by atoms with Crippen molar-refractivity contribution in [3.05, 3.63) is 0 Å². The van der Waals surface area contributed by atoms with Crippen LogP contribution >= 0.6 is 0 Å². The molecule has 0 heterocycles. The second-order valence-electron chi connectivity index (χ2n) is 2.19. The van der Waals surface area contributed by atoms with Crippen molar-refractivity contribution in [3.8, 4) is 0 Å². The highest BCUT2D eigenvalue weighted by molar-refractivity contribution is 8.27. The molecule has 0 bridgehead atoms. The molecule has 0 radical (unpaired) electrons. The Morgan fingerprint density at radius 1 is 1.78 bits per heavy atom. The molecule has 1 saturated carbocycles. The van der Waals surface area contributed by atoms with Crippen molar-refractivity contribution in [1.82, 2.24) is 4.72 Å². The Labute approximate surface area is 61.7 Å². The number of carbonyl (C=O) groups excluding carboxylic acids is 1. The van der Waals surface area contributed by atoms with Crippen LogP contribution in [0.5, 0.6) is 0 Å². The van der Waals surface area contributed by atoms with Gasteiger partial charge in [0.15, 0.2) is 0 Å². The summed E-state index contributed by atoms with van der Waals surface area (Å²) < 4.78 is 2.71. The monoisotopic (exact) mass is 163 g/mol. The molecular formula is C5H9NOS2. The molecule has 1 unspecified atom stereocenters. The van der Waals surface area contributed by atoms with Gasteiger partial charge in [0.1, 0.15) is 0 Å². The summed E-state index contributed by atoms with van der Waals surface area (Å²) in [6.07, 6.45) is 3.94. The van der Waals surface area contributed by atoms with Crippen LogP contribution in [-0.4, -0.2) is 12.2 Å². The Morgan fingerprint density at radius 2 is 2.33 bits per heavy atom. The van der Waals surface area contributed by atoms with E-state index >= 15 is 0 Å². The van der Waals surface area contributed by atoms with Gasteiger partial charge in [0, 0.05) is 12.2 Å². The van der Waals surface area contributed by atoms with Gasteiger partial charge in [0.25, 0.3) is 0 Å². The highest BCUT2D eigenvalue weighted by atomic mass is 32.8. The summed E-state index contributed by atoms with van der Waals surface area (Å²) >= 11 is 4.80. The fraction of sp³-hybridized carbons (Fsp3) is 0.800. The van der Waals surface area contributed by atoms with Crippen LogP contribution in [0.4, 0.5) is 0 Å². The number of hydrogen-bond acceptors (Lipinski definition) is 2. The largest absolute Gasteiger partial charge is 0.297 e. The first-order chi connectivity index (χ1) is 4.20. The van der Waals surface area contributed by atoms with E-state index in [1.165, 1.54) is 0 Å². The normalized spacial score (nSPS) is 21.0. The summed E-state index contributed by atoms with van der Waals surface area (Å²) in [6, 6.07) is 0. The van der Waals surface area contributed by atoms with Gasteiger partial charge in [-0.3, -0.25) is 9.52 Å². The van der Waals surface area contributed by atoms with Gasteiger partial charge in [-0.15, -0.1) is 0 Å². The first-order valence-corrected chi connectivity index (χ1v) is 5.40. The fourth-order valence-electron chi connectivity index (χ4n) is 0.571. The minimum Gasteiger partial charge on any atom is -0.297 e. The molecule has 0 aliphatic heterocycles. The van der Waals surface area contributed by atoms with Crippen LogP contribution < -0.4 is 4.72 Å². The van der Waals surface area contributed by atoms with Gasteiger partial charge in [0.05, 0.1) is 0 Å². The van der Waals surface area contributed by atoms with E-state index in [4.69, 9.17) is 11.2 Å². The van der Waals surface area contributed by atoms with Gasteiger partial charge in [-0.25, -0.2) is 0 Å². The highest BCUT2D eigenvalue weighted by Gasteiger charge is 2.29. The summed E-state index contributed by atoms with van der Waals surface area (Å²) in [5, 5.41) is 0. The molecule has 0 spiro atoms. The van der Waals surface area contributed by atoms with Crippen LogP contribution in [0.25, 0.3) is 0 Å². The fourth-order valence-corrected chi connectivity index (χ4v) is 1.27. The molecular weight excluding hydrogens is 154 g/mol. The average molecular weight is 163 g/mol. The van der Waals surface area contributed by atoms with E-state index in [0.717, 1.165) is 12.8 Å². The van der Waals surface area contributed by atoms with Gasteiger partial charge in [-0.2, -0.15) is 0 Å². The highest BCUT2D eigenvalue weighted by Crippen LogP contribution is 2.28. The summed E-state index contributed by atoms with van der Waals surface area (Å²) in [5.41, 5.74) is 0. The quantitative estimate of drug-likeness (QED) is 0.627. The third kappa shape index (κ3) is 2.41. The van der Waals surface area contributed by atoms with E-state index < -0.39 is 0 Å². The predicted molar refractivity (Wildman–Crippen MR) is 41.5 cm³/mol. The third-order valence-electron chi connectivity index (χ3n) is 1.19. The van der Waals surface area contributed by atoms with E-state index in [1.54, 1.807) is 0 Å². The molecule has 0 aromatic rings. The Kier molecular flexibility index (Phi) is 2.18. The maximum atomic E-state index is 10.8. The molecule has 1 N–H and O–H groups in total. The van der Waals surface area contributed by atoms with Crippen LogP contribution in [-0.2, 0) is 25.6 Å². The van der Waals surface area contributed by atoms with Crippen LogP contribution in [0.1, 0.15) is 12.8 Å². The number of nitrogens with one attached hydrogen (secondary N) is 1. The lowest BCUT2D eigenvalue weighted by molar-refractivity contribution is -0.120. The lowest BCUT2D eigenvalue weighted by atomic mass is 10.4. The first kappa shape index (κ1) is 7.15. The molecule has 1 atom stereocenters. The second-order valence-corrected chi connectivity index (χ2v) is 4.81. The van der Waals surface area contributed by atoms with Crippen molar-refractivity contribution in [1.29, 1.82) is 0 Å². The minimum absolute atomic E-state index is 0.149. The van der Waals surface area contributed by atoms with E-state index in [-0.39, 0.29) is 15.5 Å². The second kappa shape index (κ2) is 2.75.